The number of hydrogen-bond donors (Lipinski definition) is 0. The molecular formula is C110H74B2N6. The second-order valence-electron chi connectivity index (χ2n) is 31.0. The lowest BCUT2D eigenvalue weighted by Gasteiger charge is -2.48. The van der Waals surface area contributed by atoms with E-state index in [1.165, 1.54) is 71.0 Å². The maximum absolute atomic E-state index is 2.65. The second-order valence-corrected chi connectivity index (χ2v) is 31.0. The highest BCUT2D eigenvalue weighted by atomic mass is 15.2. The van der Waals surface area contributed by atoms with Crippen LogP contribution in [0, 0.1) is 0 Å². The van der Waals surface area contributed by atoms with E-state index in [0.29, 0.717) is 0 Å². The van der Waals surface area contributed by atoms with Crippen molar-refractivity contribution in [2.75, 3.05) is 29.4 Å². The minimum absolute atomic E-state index is 0.216. The zero-order valence-electron chi connectivity index (χ0n) is 64.6. The zero-order chi connectivity index (χ0) is 77.7. The molecule has 4 aliphatic rings. The summed E-state index contributed by atoms with van der Waals surface area (Å²) in [4.78, 5) is 15.3. The Labute approximate surface area is 688 Å². The predicted molar refractivity (Wildman–Crippen MR) is 501 cm³/mol. The van der Waals surface area contributed by atoms with Gasteiger partial charge in [0.1, 0.15) is 0 Å². The van der Waals surface area contributed by atoms with Crippen molar-refractivity contribution in [3.63, 3.8) is 0 Å². The van der Waals surface area contributed by atoms with Gasteiger partial charge in [0.05, 0.1) is 22.7 Å². The monoisotopic (exact) mass is 1500 g/mol. The van der Waals surface area contributed by atoms with Gasteiger partial charge in [-0.05, 0) is 215 Å². The van der Waals surface area contributed by atoms with Gasteiger partial charge < -0.3 is 29.4 Å². The molecule has 0 aromatic heterocycles. The van der Waals surface area contributed by atoms with E-state index in [9.17, 15) is 0 Å². The molecule has 0 saturated heterocycles. The lowest BCUT2D eigenvalue weighted by atomic mass is 9.30. The van der Waals surface area contributed by atoms with Gasteiger partial charge in [0.15, 0.2) is 0 Å². The van der Waals surface area contributed by atoms with E-state index in [4.69, 9.17) is 0 Å². The fraction of sp³-hybridized carbons (Fsp3) is 0. The third-order valence-electron chi connectivity index (χ3n) is 24.5. The van der Waals surface area contributed by atoms with Gasteiger partial charge in [0.2, 0.25) is 0 Å². The SMILES string of the molecule is c1ccc(-c2ccccc2N(c2cc3c4c(c2)N(c2ccccc2)c2cc5c(cc2B4c2ccccc2N3c2ccc(-c3c4ccccc4c(-c4ccccc4)c4ccccc34)cc2)B2c3ccccc3N(c3ccccc3)c3cc(N(c4ccccc4)c4ccccc4)cc(c32)N5c2ccccc2)c2ccccc2-c2ccccc2)cc1. The summed E-state index contributed by atoms with van der Waals surface area (Å²) in [5.74, 6) is 0. The summed E-state index contributed by atoms with van der Waals surface area (Å²) in [5.41, 5.74) is 36.0. The van der Waals surface area contributed by atoms with Gasteiger partial charge in [-0.25, -0.2) is 0 Å². The molecule has 0 amide bonds. The van der Waals surface area contributed by atoms with E-state index in [1.54, 1.807) is 0 Å². The summed E-state index contributed by atoms with van der Waals surface area (Å²) in [6, 6.07) is 167. The molecule has 4 aliphatic heterocycles. The number of anilines is 18. The van der Waals surface area contributed by atoms with Gasteiger partial charge in [-0.1, -0.05) is 322 Å². The first kappa shape index (κ1) is 68.2. The van der Waals surface area contributed by atoms with Crippen LogP contribution in [-0.2, 0) is 0 Å². The smallest absolute Gasteiger partial charge is 0.252 e. The number of hydrogen-bond acceptors (Lipinski definition) is 6. The third-order valence-corrected chi connectivity index (χ3v) is 24.5. The number of benzene rings is 19. The molecule has 19 aromatic rings. The van der Waals surface area contributed by atoms with Crippen LogP contribution >= 0.6 is 0 Å². The molecule has 8 heteroatoms. The first-order chi connectivity index (χ1) is 58.6. The molecule has 0 N–H and O–H groups in total. The van der Waals surface area contributed by atoms with Gasteiger partial charge in [-0.3, -0.25) is 0 Å². The van der Waals surface area contributed by atoms with Gasteiger partial charge in [0.25, 0.3) is 13.4 Å². The summed E-state index contributed by atoms with van der Waals surface area (Å²) >= 11 is 0. The fourth-order valence-corrected chi connectivity index (χ4v) is 19.7. The maximum Gasteiger partial charge on any atom is 0.252 e. The van der Waals surface area contributed by atoms with Crippen LogP contribution in [0.1, 0.15) is 0 Å². The van der Waals surface area contributed by atoms with Gasteiger partial charge in [-0.15, -0.1) is 0 Å². The molecule has 0 fully saturated rings. The first-order valence-corrected chi connectivity index (χ1v) is 40.8. The Bertz CT molecular complexity index is 6900. The van der Waals surface area contributed by atoms with Crippen LogP contribution in [0.15, 0.2) is 449 Å². The average Bonchev–Trinajstić information content (AvgIpc) is 0.683. The van der Waals surface area contributed by atoms with Crippen LogP contribution in [-0.4, -0.2) is 13.4 Å². The summed E-state index contributed by atoms with van der Waals surface area (Å²) in [6.07, 6.45) is 0. The molecule has 0 aliphatic carbocycles. The lowest BCUT2D eigenvalue weighted by Crippen LogP contribution is -2.65. The largest absolute Gasteiger partial charge is 0.311 e. The Balaban J connectivity index is 0.816. The average molecular weight is 1500 g/mol. The normalized spacial score (nSPS) is 12.6. The van der Waals surface area contributed by atoms with Crippen LogP contribution in [0.3, 0.4) is 0 Å². The summed E-state index contributed by atoms with van der Waals surface area (Å²) in [6.45, 7) is -0.488. The molecule has 0 atom stereocenters. The summed E-state index contributed by atoms with van der Waals surface area (Å²) in [7, 11) is 0. The Morgan fingerprint density at radius 3 is 0.856 bits per heavy atom. The van der Waals surface area contributed by atoms with Crippen LogP contribution < -0.4 is 62.2 Å². The van der Waals surface area contributed by atoms with E-state index in [2.05, 4.69) is 478 Å². The first-order valence-electron chi connectivity index (χ1n) is 40.8. The Kier molecular flexibility index (Phi) is 16.4. The topological polar surface area (TPSA) is 19.4 Å². The van der Waals surface area contributed by atoms with Crippen molar-refractivity contribution >= 4 is 170 Å². The molecule has 0 saturated carbocycles. The van der Waals surface area contributed by atoms with Crippen molar-refractivity contribution in [3.05, 3.63) is 449 Å². The minimum Gasteiger partial charge on any atom is -0.311 e. The highest BCUT2D eigenvalue weighted by molar-refractivity contribution is 7.03. The molecule has 0 unspecified atom stereocenters. The molecule has 0 radical (unpaired) electrons. The quantitative estimate of drug-likeness (QED) is 0.0793. The molecule has 118 heavy (non-hydrogen) atoms. The van der Waals surface area contributed by atoms with Gasteiger partial charge in [0, 0.05) is 90.8 Å². The summed E-state index contributed by atoms with van der Waals surface area (Å²) < 4.78 is 0. The highest BCUT2D eigenvalue weighted by Gasteiger charge is 2.49. The van der Waals surface area contributed by atoms with Crippen molar-refractivity contribution in [1.29, 1.82) is 0 Å². The molecule has 6 nitrogen and oxygen atoms in total. The molecule has 0 bridgehead atoms. The Hall–Kier alpha value is -15.4. The van der Waals surface area contributed by atoms with E-state index in [0.717, 1.165) is 130 Å². The lowest BCUT2D eigenvalue weighted by molar-refractivity contribution is 1.21. The molecule has 19 aromatic carbocycles. The van der Waals surface area contributed by atoms with Crippen LogP contribution in [0.5, 0.6) is 0 Å². The summed E-state index contributed by atoms with van der Waals surface area (Å²) in [5, 5.41) is 4.89. The molecular weight excluding hydrogens is 1430 g/mol. The van der Waals surface area contributed by atoms with Crippen molar-refractivity contribution in [1.82, 2.24) is 0 Å². The molecule has 550 valence electrons. The third kappa shape index (κ3) is 11.1. The molecule has 23 rings (SSSR count). The Morgan fingerprint density at radius 1 is 0.178 bits per heavy atom. The number of rotatable bonds is 14. The Morgan fingerprint density at radius 2 is 0.466 bits per heavy atom. The van der Waals surface area contributed by atoms with Crippen LogP contribution in [0.2, 0.25) is 0 Å². The van der Waals surface area contributed by atoms with Crippen molar-refractivity contribution in [3.8, 4) is 44.5 Å². The van der Waals surface area contributed by atoms with Crippen molar-refractivity contribution in [2.24, 2.45) is 0 Å². The molecule has 4 heterocycles. The van der Waals surface area contributed by atoms with Crippen LogP contribution in [0.4, 0.5) is 102 Å². The standard InChI is InChI=1S/C110H74B2N6/c1-9-37-75(38-10-1)87-53-29-33-61-97(87)118(98-62-34-30-54-88(98)76-39-11-2-12-40-76)86-71-104-110-106(72-86)117(83-51-23-8-24-52-83)102-74-101-95(73-96(102)112(110)94-60-32-36-64-100(94)115(104)84-67-65-78(66-68-84)108-91-57-27-25-55-89(91)107(77-41-13-3-14-42-77)90-56-26-28-58-92(90)108)111-93-59-31-35-63-99(93)114(81-47-19-6-20-48-81)103-69-85(70-105(109(103)111)116(101)82-49-21-7-22-50-82)113(79-43-15-4-16-44-79)80-45-17-5-18-46-80/h1-74H. The van der Waals surface area contributed by atoms with E-state index in [1.807, 2.05) is 0 Å². The number of para-hydroxylation sites is 9. The van der Waals surface area contributed by atoms with Crippen molar-refractivity contribution in [2.45, 2.75) is 0 Å². The van der Waals surface area contributed by atoms with E-state index < -0.39 is 0 Å². The maximum atomic E-state index is 2.65. The zero-order valence-corrected chi connectivity index (χ0v) is 64.6. The van der Waals surface area contributed by atoms with Crippen molar-refractivity contribution < 1.29 is 0 Å². The minimum atomic E-state index is -0.271. The van der Waals surface area contributed by atoms with E-state index in [-0.39, 0.29) is 13.4 Å². The van der Waals surface area contributed by atoms with Gasteiger partial charge in [-0.2, -0.15) is 0 Å². The highest BCUT2D eigenvalue weighted by Crippen LogP contribution is 2.55. The fourth-order valence-electron chi connectivity index (χ4n) is 19.7. The molecule has 0 spiro atoms. The van der Waals surface area contributed by atoms with Gasteiger partial charge >= 0.3 is 0 Å². The number of nitrogens with zero attached hydrogens (tertiary/aromatic N) is 6. The predicted octanol–water partition coefficient (Wildman–Crippen LogP) is 25.8. The second kappa shape index (κ2) is 28.3. The van der Waals surface area contributed by atoms with E-state index >= 15 is 0 Å². The van der Waals surface area contributed by atoms with Crippen LogP contribution in [0.25, 0.3) is 66.1 Å². The number of fused-ring (bicyclic) bond motifs is 10.